The summed E-state index contributed by atoms with van der Waals surface area (Å²) in [6.45, 7) is 2.54. The summed E-state index contributed by atoms with van der Waals surface area (Å²) in [5.74, 6) is -0.793. The van der Waals surface area contributed by atoms with Gasteiger partial charge in [-0.2, -0.15) is 0 Å². The number of likely N-dealkylation sites (tertiary alicyclic amines) is 1. The number of benzene rings is 1. The number of carbonyl (C=O) groups is 2. The van der Waals surface area contributed by atoms with Crippen LogP contribution < -0.4 is 5.73 Å². The van der Waals surface area contributed by atoms with Crippen molar-refractivity contribution in [2.45, 2.75) is 32.2 Å². The number of piperidine rings is 1. The van der Waals surface area contributed by atoms with E-state index in [1.54, 1.807) is 13.0 Å². The molecule has 1 heterocycles. The second-order valence-corrected chi connectivity index (χ2v) is 5.04. The van der Waals surface area contributed by atoms with Crippen LogP contribution in [0.5, 0.6) is 5.75 Å². The van der Waals surface area contributed by atoms with E-state index >= 15 is 0 Å². The van der Waals surface area contributed by atoms with Gasteiger partial charge in [-0.05, 0) is 44.4 Å². The number of phenolic OH excluding ortho intramolecular Hbond substituents is 1. The normalized spacial score (nSPS) is 18.3. The highest BCUT2D eigenvalue weighted by molar-refractivity contribution is 5.97. The molecule has 1 saturated heterocycles. The monoisotopic (exact) mass is 292 g/mol. The molecule has 0 radical (unpaired) electrons. The lowest BCUT2D eigenvalue weighted by Crippen LogP contribution is -2.48. The molecule has 0 bridgehead atoms. The Balaban J connectivity index is 2.21. The number of anilines is 1. The maximum atomic E-state index is 12.5. The fraction of sp³-hybridized carbons (Fsp3) is 0.467. The molecular weight excluding hydrogens is 272 g/mol. The number of nitrogens with zero attached hydrogens (tertiary/aromatic N) is 1. The van der Waals surface area contributed by atoms with Gasteiger partial charge in [0.05, 0.1) is 12.3 Å². The Morgan fingerprint density at radius 1 is 1.43 bits per heavy atom. The first kappa shape index (κ1) is 15.2. The summed E-state index contributed by atoms with van der Waals surface area (Å²) in [5.41, 5.74) is 6.07. The van der Waals surface area contributed by atoms with Crippen molar-refractivity contribution in [2.24, 2.45) is 0 Å². The van der Waals surface area contributed by atoms with Crippen molar-refractivity contribution >= 4 is 17.6 Å². The Morgan fingerprint density at radius 2 is 2.19 bits per heavy atom. The van der Waals surface area contributed by atoms with Gasteiger partial charge in [0.15, 0.2) is 0 Å². The third-order valence-corrected chi connectivity index (χ3v) is 3.60. The van der Waals surface area contributed by atoms with Crippen LogP contribution in [0.4, 0.5) is 5.69 Å². The zero-order valence-corrected chi connectivity index (χ0v) is 12.0. The fourth-order valence-electron chi connectivity index (χ4n) is 2.50. The number of hydrogen-bond donors (Lipinski definition) is 2. The summed E-state index contributed by atoms with van der Waals surface area (Å²) < 4.78 is 5.04. The van der Waals surface area contributed by atoms with Crippen LogP contribution in [0.3, 0.4) is 0 Å². The highest BCUT2D eigenvalue weighted by Gasteiger charge is 2.33. The number of nitrogens with two attached hydrogens (primary N) is 1. The first-order valence-electron chi connectivity index (χ1n) is 7.10. The second-order valence-electron chi connectivity index (χ2n) is 5.04. The average molecular weight is 292 g/mol. The number of hydrogen-bond acceptors (Lipinski definition) is 5. The quantitative estimate of drug-likeness (QED) is 0.500. The molecule has 2 rings (SSSR count). The number of ether oxygens (including phenoxy) is 1. The third kappa shape index (κ3) is 3.26. The van der Waals surface area contributed by atoms with Crippen molar-refractivity contribution in [1.82, 2.24) is 4.90 Å². The van der Waals surface area contributed by atoms with Crippen LogP contribution in [-0.2, 0) is 9.53 Å². The van der Waals surface area contributed by atoms with Crippen molar-refractivity contribution in [1.29, 1.82) is 0 Å². The standard InChI is InChI=1S/C15H20N2O4/c1-2-21-15(20)12-5-3-4-8-17(12)14(19)10-6-7-11(16)13(18)9-10/h6-7,9,12,18H,2-5,8,16H2,1H3. The maximum absolute atomic E-state index is 12.5. The largest absolute Gasteiger partial charge is 0.506 e. The van der Waals surface area contributed by atoms with Crippen molar-refractivity contribution < 1.29 is 19.4 Å². The predicted octanol–water partition coefficient (Wildman–Crippen LogP) is 1.53. The van der Waals surface area contributed by atoms with Gasteiger partial charge in [0.2, 0.25) is 0 Å². The summed E-state index contributed by atoms with van der Waals surface area (Å²) in [7, 11) is 0. The topological polar surface area (TPSA) is 92.9 Å². The van der Waals surface area contributed by atoms with Crippen LogP contribution in [0.2, 0.25) is 0 Å². The van der Waals surface area contributed by atoms with Crippen molar-refractivity contribution in [3.8, 4) is 5.75 Å². The lowest BCUT2D eigenvalue weighted by Gasteiger charge is -2.34. The van der Waals surface area contributed by atoms with E-state index in [4.69, 9.17) is 10.5 Å². The Morgan fingerprint density at radius 3 is 2.86 bits per heavy atom. The predicted molar refractivity (Wildman–Crippen MR) is 77.8 cm³/mol. The molecule has 6 heteroatoms. The van der Waals surface area contributed by atoms with Crippen LogP contribution in [0.1, 0.15) is 36.5 Å². The van der Waals surface area contributed by atoms with E-state index in [9.17, 15) is 14.7 Å². The molecule has 21 heavy (non-hydrogen) atoms. The summed E-state index contributed by atoms with van der Waals surface area (Å²) >= 11 is 0. The molecule has 0 aromatic heterocycles. The van der Waals surface area contributed by atoms with E-state index in [-0.39, 0.29) is 23.3 Å². The molecule has 1 unspecified atom stereocenters. The van der Waals surface area contributed by atoms with E-state index in [1.807, 2.05) is 0 Å². The molecular formula is C15H20N2O4. The zero-order chi connectivity index (χ0) is 15.4. The van der Waals surface area contributed by atoms with Gasteiger partial charge < -0.3 is 20.5 Å². The number of nitrogen functional groups attached to an aromatic ring is 1. The van der Waals surface area contributed by atoms with Gasteiger partial charge >= 0.3 is 5.97 Å². The molecule has 1 amide bonds. The van der Waals surface area contributed by atoms with Gasteiger partial charge in [-0.1, -0.05) is 0 Å². The molecule has 3 N–H and O–H groups in total. The van der Waals surface area contributed by atoms with E-state index in [1.165, 1.54) is 17.0 Å². The Hall–Kier alpha value is -2.24. The fourth-order valence-corrected chi connectivity index (χ4v) is 2.50. The van der Waals surface area contributed by atoms with E-state index in [0.29, 0.717) is 25.1 Å². The summed E-state index contributed by atoms with van der Waals surface area (Å²) in [4.78, 5) is 26.0. The van der Waals surface area contributed by atoms with Crippen molar-refractivity contribution in [3.63, 3.8) is 0 Å². The highest BCUT2D eigenvalue weighted by atomic mass is 16.5. The zero-order valence-electron chi connectivity index (χ0n) is 12.0. The van der Waals surface area contributed by atoms with Crippen molar-refractivity contribution in [2.75, 3.05) is 18.9 Å². The Bertz CT molecular complexity index is 544. The summed E-state index contributed by atoms with van der Waals surface area (Å²) in [6, 6.07) is 3.81. The number of amides is 1. The number of aromatic hydroxyl groups is 1. The number of phenols is 1. The molecule has 0 spiro atoms. The van der Waals surface area contributed by atoms with Gasteiger partial charge in [0.1, 0.15) is 11.8 Å². The molecule has 0 saturated carbocycles. The lowest BCUT2D eigenvalue weighted by atomic mass is 10.0. The highest BCUT2D eigenvalue weighted by Crippen LogP contribution is 2.25. The molecule has 114 valence electrons. The van der Waals surface area contributed by atoms with Crippen LogP contribution in [0.15, 0.2) is 18.2 Å². The minimum Gasteiger partial charge on any atom is -0.506 e. The molecule has 0 aliphatic carbocycles. The SMILES string of the molecule is CCOC(=O)C1CCCCN1C(=O)c1ccc(N)c(O)c1. The third-order valence-electron chi connectivity index (χ3n) is 3.60. The Labute approximate surface area is 123 Å². The van der Waals surface area contributed by atoms with Gasteiger partial charge in [-0.15, -0.1) is 0 Å². The maximum Gasteiger partial charge on any atom is 0.328 e. The van der Waals surface area contributed by atoms with Gasteiger partial charge in [-0.25, -0.2) is 4.79 Å². The van der Waals surface area contributed by atoms with E-state index in [2.05, 4.69) is 0 Å². The van der Waals surface area contributed by atoms with Crippen LogP contribution in [-0.4, -0.2) is 41.1 Å². The van der Waals surface area contributed by atoms with E-state index in [0.717, 1.165) is 12.8 Å². The summed E-state index contributed by atoms with van der Waals surface area (Å²) in [5, 5.41) is 9.62. The first-order chi connectivity index (χ1) is 10.0. The first-order valence-corrected chi connectivity index (χ1v) is 7.10. The number of rotatable bonds is 3. The van der Waals surface area contributed by atoms with Crippen LogP contribution in [0, 0.1) is 0 Å². The summed E-state index contributed by atoms with van der Waals surface area (Å²) in [6.07, 6.45) is 2.34. The molecule has 6 nitrogen and oxygen atoms in total. The minimum absolute atomic E-state index is 0.134. The van der Waals surface area contributed by atoms with Gasteiger partial charge in [-0.3, -0.25) is 4.79 Å². The van der Waals surface area contributed by atoms with E-state index < -0.39 is 6.04 Å². The van der Waals surface area contributed by atoms with Gasteiger partial charge in [0, 0.05) is 12.1 Å². The number of esters is 1. The molecule has 1 aliphatic rings. The average Bonchev–Trinajstić information content (AvgIpc) is 2.49. The molecule has 1 aromatic rings. The van der Waals surface area contributed by atoms with Crippen LogP contribution in [0.25, 0.3) is 0 Å². The lowest BCUT2D eigenvalue weighted by molar-refractivity contribution is -0.149. The molecule has 1 atom stereocenters. The van der Waals surface area contributed by atoms with Crippen molar-refractivity contribution in [3.05, 3.63) is 23.8 Å². The minimum atomic E-state index is -0.550. The Kier molecular flexibility index (Phi) is 4.67. The smallest absolute Gasteiger partial charge is 0.328 e. The molecule has 1 aliphatic heterocycles. The molecule has 1 fully saturated rings. The number of carbonyl (C=O) groups excluding carboxylic acids is 2. The second kappa shape index (κ2) is 6.47. The van der Waals surface area contributed by atoms with Gasteiger partial charge in [0.25, 0.3) is 5.91 Å². The molecule has 1 aromatic carbocycles. The van der Waals surface area contributed by atoms with Crippen LogP contribution >= 0.6 is 0 Å².